The fraction of sp³-hybridized carbons (Fsp3) is 0.471. The molecule has 1 atom stereocenters. The molecule has 1 unspecified atom stereocenters. The molecule has 0 N–H and O–H groups in total. The average Bonchev–Trinajstić information content (AvgIpc) is 2.79. The second kappa shape index (κ2) is 7.12. The molecule has 0 amide bonds. The molecule has 2 rings (SSSR count). The van der Waals surface area contributed by atoms with Gasteiger partial charge in [0.1, 0.15) is 12.4 Å². The highest BCUT2D eigenvalue weighted by Gasteiger charge is 2.14. The standard InChI is InChI=1S/C17H23BrN2O/c1-5-12(3)14-9-7-8-10-16(14)21-11-15-17(18)13(4)19-20(15)6-2/h7-10,12H,5-6,11H2,1-4H3. The minimum Gasteiger partial charge on any atom is -0.487 e. The molecule has 0 saturated heterocycles. The summed E-state index contributed by atoms with van der Waals surface area (Å²) in [7, 11) is 0. The molecule has 2 aromatic rings. The molecule has 0 aliphatic carbocycles. The number of rotatable bonds is 6. The van der Waals surface area contributed by atoms with Crippen molar-refractivity contribution in [3.63, 3.8) is 0 Å². The average molecular weight is 351 g/mol. The van der Waals surface area contributed by atoms with Gasteiger partial charge in [0.25, 0.3) is 0 Å². The third-order valence-electron chi connectivity index (χ3n) is 3.88. The summed E-state index contributed by atoms with van der Waals surface area (Å²) in [6.45, 7) is 9.91. The van der Waals surface area contributed by atoms with Crippen LogP contribution in [0.1, 0.15) is 50.1 Å². The van der Waals surface area contributed by atoms with Gasteiger partial charge in [-0.05, 0) is 53.7 Å². The highest BCUT2D eigenvalue weighted by atomic mass is 79.9. The summed E-state index contributed by atoms with van der Waals surface area (Å²) >= 11 is 3.61. The molecule has 0 aliphatic heterocycles. The molecule has 0 saturated carbocycles. The van der Waals surface area contributed by atoms with Gasteiger partial charge >= 0.3 is 0 Å². The van der Waals surface area contributed by atoms with E-state index in [1.165, 1.54) is 5.56 Å². The van der Waals surface area contributed by atoms with Gasteiger partial charge in [-0.3, -0.25) is 4.68 Å². The Morgan fingerprint density at radius 1 is 1.29 bits per heavy atom. The van der Waals surface area contributed by atoms with Crippen LogP contribution in [0, 0.1) is 6.92 Å². The summed E-state index contributed by atoms with van der Waals surface area (Å²) in [5, 5.41) is 4.50. The Morgan fingerprint density at radius 3 is 2.67 bits per heavy atom. The number of hydrogen-bond donors (Lipinski definition) is 0. The maximum atomic E-state index is 6.09. The van der Waals surface area contributed by atoms with Crippen LogP contribution < -0.4 is 4.74 Å². The highest BCUT2D eigenvalue weighted by molar-refractivity contribution is 9.10. The van der Waals surface area contributed by atoms with Gasteiger partial charge in [0, 0.05) is 6.54 Å². The lowest BCUT2D eigenvalue weighted by Crippen LogP contribution is -2.08. The maximum Gasteiger partial charge on any atom is 0.131 e. The Labute approximate surface area is 135 Å². The van der Waals surface area contributed by atoms with Crippen molar-refractivity contribution in [1.82, 2.24) is 9.78 Å². The van der Waals surface area contributed by atoms with Crippen LogP contribution in [0.4, 0.5) is 0 Å². The molecule has 114 valence electrons. The van der Waals surface area contributed by atoms with Gasteiger partial charge < -0.3 is 4.74 Å². The number of aryl methyl sites for hydroxylation is 2. The molecule has 4 heteroatoms. The third kappa shape index (κ3) is 3.49. The third-order valence-corrected chi connectivity index (χ3v) is 4.91. The lowest BCUT2D eigenvalue weighted by atomic mass is 9.98. The van der Waals surface area contributed by atoms with Crippen molar-refractivity contribution in [2.75, 3.05) is 0 Å². The van der Waals surface area contributed by atoms with Crippen LogP contribution in [0.15, 0.2) is 28.7 Å². The normalized spacial score (nSPS) is 12.4. The van der Waals surface area contributed by atoms with Crippen molar-refractivity contribution >= 4 is 15.9 Å². The number of nitrogens with zero attached hydrogens (tertiary/aromatic N) is 2. The summed E-state index contributed by atoms with van der Waals surface area (Å²) in [6.07, 6.45) is 1.11. The number of ether oxygens (including phenoxy) is 1. The Morgan fingerprint density at radius 2 is 2.00 bits per heavy atom. The largest absolute Gasteiger partial charge is 0.487 e. The first-order valence-electron chi connectivity index (χ1n) is 7.51. The van der Waals surface area contributed by atoms with Gasteiger partial charge in [-0.1, -0.05) is 32.0 Å². The zero-order valence-corrected chi connectivity index (χ0v) is 14.8. The Hall–Kier alpha value is -1.29. The van der Waals surface area contributed by atoms with Crippen LogP contribution in [-0.4, -0.2) is 9.78 Å². The van der Waals surface area contributed by atoms with E-state index < -0.39 is 0 Å². The van der Waals surface area contributed by atoms with E-state index in [1.54, 1.807) is 0 Å². The van der Waals surface area contributed by atoms with E-state index in [1.807, 2.05) is 17.7 Å². The van der Waals surface area contributed by atoms with E-state index in [0.717, 1.165) is 34.6 Å². The molecule has 0 aliphatic rings. The fourth-order valence-corrected chi connectivity index (χ4v) is 2.79. The van der Waals surface area contributed by atoms with E-state index in [4.69, 9.17) is 4.74 Å². The Balaban J connectivity index is 2.21. The van der Waals surface area contributed by atoms with Gasteiger partial charge in [0.05, 0.1) is 15.9 Å². The summed E-state index contributed by atoms with van der Waals surface area (Å²) in [6, 6.07) is 8.30. The highest BCUT2D eigenvalue weighted by Crippen LogP contribution is 2.30. The van der Waals surface area contributed by atoms with Crippen LogP contribution in [-0.2, 0) is 13.2 Å². The summed E-state index contributed by atoms with van der Waals surface area (Å²) < 4.78 is 9.13. The molecule has 0 bridgehead atoms. The van der Waals surface area contributed by atoms with Crippen molar-refractivity contribution in [3.8, 4) is 5.75 Å². The molecule has 0 radical (unpaired) electrons. The van der Waals surface area contributed by atoms with E-state index in [-0.39, 0.29) is 0 Å². The topological polar surface area (TPSA) is 27.1 Å². The van der Waals surface area contributed by atoms with Crippen LogP contribution in [0.3, 0.4) is 0 Å². The van der Waals surface area contributed by atoms with Crippen molar-refractivity contribution in [2.45, 2.75) is 53.2 Å². The summed E-state index contributed by atoms with van der Waals surface area (Å²) in [5.41, 5.74) is 3.37. The zero-order valence-electron chi connectivity index (χ0n) is 13.2. The van der Waals surface area contributed by atoms with E-state index >= 15 is 0 Å². The number of benzene rings is 1. The predicted octanol–water partition coefficient (Wildman–Crippen LogP) is 5.07. The van der Waals surface area contributed by atoms with Gasteiger partial charge in [-0.2, -0.15) is 5.10 Å². The molecular weight excluding hydrogens is 328 g/mol. The Bertz CT molecular complexity index is 607. The molecular formula is C17H23BrN2O. The number of para-hydroxylation sites is 1. The molecule has 0 spiro atoms. The van der Waals surface area contributed by atoms with Crippen LogP contribution in [0.2, 0.25) is 0 Å². The lowest BCUT2D eigenvalue weighted by molar-refractivity contribution is 0.287. The fourth-order valence-electron chi connectivity index (χ4n) is 2.39. The van der Waals surface area contributed by atoms with Gasteiger partial charge in [-0.25, -0.2) is 0 Å². The second-order valence-electron chi connectivity index (χ2n) is 5.30. The minimum atomic E-state index is 0.502. The van der Waals surface area contributed by atoms with Crippen LogP contribution in [0.25, 0.3) is 0 Å². The number of aromatic nitrogens is 2. The molecule has 0 fully saturated rings. The summed E-state index contributed by atoms with van der Waals surface area (Å²) in [4.78, 5) is 0. The molecule has 1 aromatic carbocycles. The van der Waals surface area contributed by atoms with Gasteiger partial charge in [0.2, 0.25) is 0 Å². The van der Waals surface area contributed by atoms with Crippen molar-refractivity contribution < 1.29 is 4.74 Å². The van der Waals surface area contributed by atoms with Crippen molar-refractivity contribution in [1.29, 1.82) is 0 Å². The first kappa shape index (κ1) is 16.1. The Kier molecular flexibility index (Phi) is 5.45. The van der Waals surface area contributed by atoms with Crippen molar-refractivity contribution in [2.24, 2.45) is 0 Å². The molecule has 1 heterocycles. The predicted molar refractivity (Wildman–Crippen MR) is 89.8 cm³/mol. The molecule has 3 nitrogen and oxygen atoms in total. The van der Waals surface area contributed by atoms with E-state index in [2.05, 4.69) is 60.0 Å². The zero-order chi connectivity index (χ0) is 15.4. The summed E-state index contributed by atoms with van der Waals surface area (Å²) in [5.74, 6) is 1.47. The van der Waals surface area contributed by atoms with Crippen LogP contribution >= 0.6 is 15.9 Å². The van der Waals surface area contributed by atoms with Gasteiger partial charge in [-0.15, -0.1) is 0 Å². The minimum absolute atomic E-state index is 0.502. The quantitative estimate of drug-likeness (QED) is 0.727. The maximum absolute atomic E-state index is 6.09. The van der Waals surface area contributed by atoms with E-state index in [0.29, 0.717) is 12.5 Å². The smallest absolute Gasteiger partial charge is 0.131 e. The number of hydrogen-bond acceptors (Lipinski definition) is 2. The first-order chi connectivity index (χ1) is 10.1. The first-order valence-corrected chi connectivity index (χ1v) is 8.31. The van der Waals surface area contributed by atoms with Crippen LogP contribution in [0.5, 0.6) is 5.75 Å². The number of halogens is 1. The monoisotopic (exact) mass is 350 g/mol. The lowest BCUT2D eigenvalue weighted by Gasteiger charge is -2.16. The SMILES string of the molecule is CCC(C)c1ccccc1OCc1c(Br)c(C)nn1CC. The van der Waals surface area contributed by atoms with Gasteiger partial charge in [0.15, 0.2) is 0 Å². The second-order valence-corrected chi connectivity index (χ2v) is 6.09. The van der Waals surface area contributed by atoms with Crippen molar-refractivity contribution in [3.05, 3.63) is 45.7 Å². The van der Waals surface area contributed by atoms with E-state index in [9.17, 15) is 0 Å². The molecule has 1 aromatic heterocycles. The molecule has 21 heavy (non-hydrogen) atoms.